The molecular formula is C17H22N4O3. The Kier molecular flexibility index (Phi) is 6.94. The van der Waals surface area contributed by atoms with Gasteiger partial charge >= 0.3 is 5.97 Å². The molecule has 0 aliphatic heterocycles. The Morgan fingerprint density at radius 1 is 1.42 bits per heavy atom. The van der Waals surface area contributed by atoms with Crippen LogP contribution in [-0.2, 0) is 16.2 Å². The van der Waals surface area contributed by atoms with E-state index in [0.29, 0.717) is 32.4 Å². The second-order valence-electron chi connectivity index (χ2n) is 5.43. The van der Waals surface area contributed by atoms with Crippen LogP contribution in [0.3, 0.4) is 0 Å². The molecule has 1 unspecified atom stereocenters. The van der Waals surface area contributed by atoms with E-state index in [1.807, 2.05) is 29.8 Å². The smallest absolute Gasteiger partial charge is 0.306 e. The summed E-state index contributed by atoms with van der Waals surface area (Å²) in [7, 11) is 0. The zero-order chi connectivity index (χ0) is 17.2. The first-order chi connectivity index (χ1) is 11.7. The number of aromatic nitrogens is 3. The number of hydrogen-bond acceptors (Lipinski definition) is 5. The average Bonchev–Trinajstić information content (AvgIpc) is 3.10. The van der Waals surface area contributed by atoms with Crippen LogP contribution in [0, 0.1) is 5.92 Å². The van der Waals surface area contributed by atoms with Gasteiger partial charge in [0, 0.05) is 30.4 Å². The number of imidazole rings is 1. The van der Waals surface area contributed by atoms with Crippen LogP contribution in [0.2, 0.25) is 0 Å². The van der Waals surface area contributed by atoms with Gasteiger partial charge in [0.2, 0.25) is 0 Å². The van der Waals surface area contributed by atoms with E-state index >= 15 is 0 Å². The summed E-state index contributed by atoms with van der Waals surface area (Å²) in [6.07, 6.45) is 10.6. The topological polar surface area (TPSA) is 89.6 Å². The molecule has 0 spiro atoms. The van der Waals surface area contributed by atoms with Crippen molar-refractivity contribution in [2.75, 3.05) is 6.61 Å². The fourth-order valence-corrected chi connectivity index (χ4v) is 2.28. The lowest BCUT2D eigenvalue weighted by Crippen LogP contribution is -2.14. The zero-order valence-electron chi connectivity index (χ0n) is 13.7. The van der Waals surface area contributed by atoms with Gasteiger partial charge in [0.25, 0.3) is 0 Å². The molecule has 0 aliphatic rings. The molecule has 24 heavy (non-hydrogen) atoms. The number of pyridine rings is 1. The van der Waals surface area contributed by atoms with Crippen LogP contribution in [0.4, 0.5) is 0 Å². The number of carbonyl (C=O) groups is 1. The molecule has 1 atom stereocenters. The third-order valence-electron chi connectivity index (χ3n) is 3.69. The Balaban J connectivity index is 1.92. The summed E-state index contributed by atoms with van der Waals surface area (Å²) in [6.45, 7) is 2.79. The fourth-order valence-electron chi connectivity index (χ4n) is 2.28. The molecule has 0 fully saturated rings. The van der Waals surface area contributed by atoms with E-state index in [-0.39, 0.29) is 5.92 Å². The van der Waals surface area contributed by atoms with Crippen molar-refractivity contribution in [3.63, 3.8) is 0 Å². The van der Waals surface area contributed by atoms with E-state index in [9.17, 15) is 4.79 Å². The van der Waals surface area contributed by atoms with Crippen molar-refractivity contribution < 1.29 is 14.7 Å². The molecule has 128 valence electrons. The molecule has 0 amide bonds. The van der Waals surface area contributed by atoms with Gasteiger partial charge in [-0.3, -0.25) is 9.78 Å². The van der Waals surface area contributed by atoms with Crippen LogP contribution in [0.25, 0.3) is 0 Å². The molecule has 2 aromatic rings. The van der Waals surface area contributed by atoms with Crippen molar-refractivity contribution in [3.05, 3.63) is 48.8 Å². The highest BCUT2D eigenvalue weighted by Gasteiger charge is 2.14. The SMILES string of the molecule is CCC(CCCO/N=C(/Cn1ccnc1)c1cccnc1)C(=O)O. The van der Waals surface area contributed by atoms with Gasteiger partial charge < -0.3 is 14.5 Å². The molecule has 1 N–H and O–H groups in total. The number of rotatable bonds is 10. The van der Waals surface area contributed by atoms with Gasteiger partial charge in [0.1, 0.15) is 12.3 Å². The highest BCUT2D eigenvalue weighted by atomic mass is 16.6. The normalized spacial score (nSPS) is 12.8. The summed E-state index contributed by atoms with van der Waals surface area (Å²) in [5, 5.41) is 13.2. The zero-order valence-corrected chi connectivity index (χ0v) is 13.7. The average molecular weight is 330 g/mol. The molecular weight excluding hydrogens is 308 g/mol. The largest absolute Gasteiger partial charge is 0.481 e. The van der Waals surface area contributed by atoms with Crippen molar-refractivity contribution >= 4 is 11.7 Å². The molecule has 2 heterocycles. The molecule has 0 radical (unpaired) electrons. The van der Waals surface area contributed by atoms with Crippen molar-refractivity contribution in [1.29, 1.82) is 0 Å². The van der Waals surface area contributed by atoms with Crippen molar-refractivity contribution in [1.82, 2.24) is 14.5 Å². The van der Waals surface area contributed by atoms with Crippen LogP contribution in [0.5, 0.6) is 0 Å². The van der Waals surface area contributed by atoms with Crippen molar-refractivity contribution in [3.8, 4) is 0 Å². The number of aliphatic carboxylic acids is 1. The van der Waals surface area contributed by atoms with E-state index < -0.39 is 5.97 Å². The summed E-state index contributed by atoms with van der Waals surface area (Å²) in [6, 6.07) is 3.77. The van der Waals surface area contributed by atoms with Gasteiger partial charge in [-0.15, -0.1) is 0 Å². The Bertz CT molecular complexity index is 641. The summed E-state index contributed by atoms with van der Waals surface area (Å²) in [5.41, 5.74) is 1.62. The highest BCUT2D eigenvalue weighted by molar-refractivity contribution is 5.99. The standard InChI is InChI=1S/C17H22N4O3/c1-2-14(17(22)23)6-4-10-24-20-16(12-21-9-8-19-13-21)15-5-3-7-18-11-15/h3,5,7-9,11,13-14H,2,4,6,10,12H2,1H3,(H,22,23)/b20-16-. The summed E-state index contributed by atoms with van der Waals surface area (Å²) >= 11 is 0. The minimum Gasteiger partial charge on any atom is -0.481 e. The number of carboxylic acid groups (broad SMARTS) is 1. The van der Waals surface area contributed by atoms with Crippen LogP contribution in [0.15, 0.2) is 48.4 Å². The first-order valence-corrected chi connectivity index (χ1v) is 7.98. The molecule has 2 rings (SSSR count). The molecule has 0 bridgehead atoms. The minimum absolute atomic E-state index is 0.318. The Hall–Kier alpha value is -2.70. The predicted octanol–water partition coefficient (Wildman–Crippen LogP) is 2.59. The minimum atomic E-state index is -0.753. The highest BCUT2D eigenvalue weighted by Crippen LogP contribution is 2.11. The van der Waals surface area contributed by atoms with Gasteiger partial charge in [-0.2, -0.15) is 0 Å². The van der Waals surface area contributed by atoms with Crippen molar-refractivity contribution in [2.24, 2.45) is 11.1 Å². The lowest BCUT2D eigenvalue weighted by molar-refractivity contribution is -0.142. The van der Waals surface area contributed by atoms with Crippen LogP contribution < -0.4 is 0 Å². The maximum atomic E-state index is 11.0. The van der Waals surface area contributed by atoms with Crippen LogP contribution >= 0.6 is 0 Å². The predicted molar refractivity (Wildman–Crippen MR) is 89.6 cm³/mol. The summed E-state index contributed by atoms with van der Waals surface area (Å²) < 4.78 is 1.90. The van der Waals surface area contributed by atoms with Crippen molar-refractivity contribution in [2.45, 2.75) is 32.7 Å². The molecule has 2 aromatic heterocycles. The number of nitrogens with zero attached hydrogens (tertiary/aromatic N) is 4. The molecule has 7 nitrogen and oxygen atoms in total. The van der Waals surface area contributed by atoms with E-state index in [4.69, 9.17) is 9.94 Å². The maximum Gasteiger partial charge on any atom is 0.306 e. The first-order valence-electron chi connectivity index (χ1n) is 7.98. The molecule has 0 aliphatic carbocycles. The van der Waals surface area contributed by atoms with Gasteiger partial charge in [0.15, 0.2) is 0 Å². The first kappa shape index (κ1) is 17.7. The Morgan fingerprint density at radius 2 is 2.29 bits per heavy atom. The fraction of sp³-hybridized carbons (Fsp3) is 0.412. The van der Waals surface area contributed by atoms with Gasteiger partial charge in [0.05, 0.1) is 18.8 Å². The lowest BCUT2D eigenvalue weighted by atomic mass is 10.0. The Labute approximate surface area is 141 Å². The molecule has 0 saturated heterocycles. The second kappa shape index (κ2) is 9.44. The summed E-state index contributed by atoms with van der Waals surface area (Å²) in [4.78, 5) is 24.5. The Morgan fingerprint density at radius 3 is 2.92 bits per heavy atom. The summed E-state index contributed by atoms with van der Waals surface area (Å²) in [5.74, 6) is -1.07. The third-order valence-corrected chi connectivity index (χ3v) is 3.69. The lowest BCUT2D eigenvalue weighted by Gasteiger charge is -2.10. The quantitative estimate of drug-likeness (QED) is 0.411. The van der Waals surface area contributed by atoms with E-state index in [1.54, 1.807) is 24.9 Å². The maximum absolute atomic E-state index is 11.0. The van der Waals surface area contributed by atoms with Crippen LogP contribution in [0.1, 0.15) is 31.7 Å². The van der Waals surface area contributed by atoms with Gasteiger partial charge in [-0.1, -0.05) is 12.1 Å². The van der Waals surface area contributed by atoms with E-state index in [1.165, 1.54) is 0 Å². The van der Waals surface area contributed by atoms with Crippen LogP contribution in [-0.4, -0.2) is 37.9 Å². The molecule has 0 aromatic carbocycles. The molecule has 7 heteroatoms. The van der Waals surface area contributed by atoms with E-state index in [2.05, 4.69) is 15.1 Å². The number of carboxylic acids is 1. The monoisotopic (exact) mass is 330 g/mol. The van der Waals surface area contributed by atoms with Gasteiger partial charge in [-0.05, 0) is 31.4 Å². The van der Waals surface area contributed by atoms with E-state index in [0.717, 1.165) is 11.3 Å². The molecule has 0 saturated carbocycles. The second-order valence-corrected chi connectivity index (χ2v) is 5.43. The third kappa shape index (κ3) is 5.49. The number of hydrogen-bond donors (Lipinski definition) is 1. The number of oxime groups is 1. The van der Waals surface area contributed by atoms with Gasteiger partial charge in [-0.25, -0.2) is 4.98 Å².